The van der Waals surface area contributed by atoms with Crippen LogP contribution in [-0.4, -0.2) is 25.6 Å². The average molecular weight is 265 g/mol. The SMILES string of the molecule is CCCC(=O)[O-].CC[N+](CC)(CC)c1ccccc1. The fourth-order valence-electron chi connectivity index (χ4n) is 2.17. The van der Waals surface area contributed by atoms with Crippen LogP contribution in [0.15, 0.2) is 30.3 Å². The monoisotopic (exact) mass is 265 g/mol. The molecule has 0 unspecified atom stereocenters. The van der Waals surface area contributed by atoms with E-state index in [1.807, 2.05) is 0 Å². The Balaban J connectivity index is 0.000000459. The van der Waals surface area contributed by atoms with Crippen molar-refractivity contribution in [1.29, 1.82) is 0 Å². The maximum Gasteiger partial charge on any atom is 0.132 e. The number of benzene rings is 1. The summed E-state index contributed by atoms with van der Waals surface area (Å²) in [4.78, 5) is 9.49. The van der Waals surface area contributed by atoms with Crippen molar-refractivity contribution in [3.63, 3.8) is 0 Å². The highest BCUT2D eigenvalue weighted by atomic mass is 16.4. The molecule has 0 atom stereocenters. The third-order valence-electron chi connectivity index (χ3n) is 3.57. The van der Waals surface area contributed by atoms with E-state index in [9.17, 15) is 9.90 Å². The number of carboxylic acids is 1. The quantitative estimate of drug-likeness (QED) is 0.742. The Morgan fingerprint density at radius 3 is 1.74 bits per heavy atom. The van der Waals surface area contributed by atoms with Gasteiger partial charge in [-0.05, 0) is 39.3 Å². The normalized spacial score (nSPS) is 10.5. The summed E-state index contributed by atoms with van der Waals surface area (Å²) >= 11 is 0. The third kappa shape index (κ3) is 5.88. The van der Waals surface area contributed by atoms with Crippen molar-refractivity contribution in [1.82, 2.24) is 4.48 Å². The average Bonchev–Trinajstić information content (AvgIpc) is 2.43. The molecule has 0 aliphatic carbocycles. The molecule has 0 saturated carbocycles. The standard InChI is InChI=1S/C12H20N.C4H8O2/c1-4-13(5-2,6-3)12-10-8-7-9-11-12;1-2-3-4(5)6/h7-11H,4-6H2,1-3H3;2-3H2,1H3,(H,5,6)/q+1;/p-1. The maximum absolute atomic E-state index is 9.49. The number of carbonyl (C=O) groups is 1. The van der Waals surface area contributed by atoms with Crippen molar-refractivity contribution in [2.45, 2.75) is 40.5 Å². The highest BCUT2D eigenvalue weighted by Gasteiger charge is 2.23. The Labute approximate surface area is 117 Å². The molecular weight excluding hydrogens is 238 g/mol. The van der Waals surface area contributed by atoms with Crippen molar-refractivity contribution in [2.24, 2.45) is 0 Å². The number of quaternary nitrogens is 1. The molecule has 3 heteroatoms. The van der Waals surface area contributed by atoms with Gasteiger partial charge in [-0.2, -0.15) is 0 Å². The summed E-state index contributed by atoms with van der Waals surface area (Å²) in [5, 5.41) is 9.49. The summed E-state index contributed by atoms with van der Waals surface area (Å²) in [6.45, 7) is 12.1. The lowest BCUT2D eigenvalue weighted by atomic mass is 10.2. The van der Waals surface area contributed by atoms with Gasteiger partial charge in [-0.15, -0.1) is 0 Å². The summed E-state index contributed by atoms with van der Waals surface area (Å²) in [5.74, 6) is -0.961. The second kappa shape index (κ2) is 9.56. The molecular formula is C16H27NO2. The summed E-state index contributed by atoms with van der Waals surface area (Å²) in [6.07, 6.45) is 0.850. The highest BCUT2D eigenvalue weighted by Crippen LogP contribution is 2.21. The molecule has 3 nitrogen and oxygen atoms in total. The van der Waals surface area contributed by atoms with Crippen LogP contribution in [0.3, 0.4) is 0 Å². The van der Waals surface area contributed by atoms with Crippen molar-refractivity contribution in [3.8, 4) is 0 Å². The van der Waals surface area contributed by atoms with Crippen LogP contribution in [-0.2, 0) is 4.79 Å². The number of carbonyl (C=O) groups excluding carboxylic acids is 1. The first kappa shape index (κ1) is 17.6. The highest BCUT2D eigenvalue weighted by molar-refractivity contribution is 5.63. The molecule has 0 saturated heterocycles. The van der Waals surface area contributed by atoms with E-state index in [4.69, 9.17) is 0 Å². The number of carboxylic acid groups (broad SMARTS) is 1. The van der Waals surface area contributed by atoms with Gasteiger partial charge in [0.2, 0.25) is 0 Å². The van der Waals surface area contributed by atoms with Crippen molar-refractivity contribution in [2.75, 3.05) is 19.6 Å². The lowest BCUT2D eigenvalue weighted by Gasteiger charge is -2.35. The molecule has 0 aromatic heterocycles. The first-order valence-corrected chi connectivity index (χ1v) is 7.17. The Morgan fingerprint density at radius 1 is 1.00 bits per heavy atom. The molecule has 0 aliphatic heterocycles. The minimum absolute atomic E-state index is 0.181. The Morgan fingerprint density at radius 2 is 1.47 bits per heavy atom. The van der Waals surface area contributed by atoms with Crippen molar-refractivity contribution >= 4 is 11.7 Å². The minimum Gasteiger partial charge on any atom is -0.550 e. The van der Waals surface area contributed by atoms with Crippen LogP contribution < -0.4 is 9.59 Å². The molecule has 0 aliphatic rings. The van der Waals surface area contributed by atoms with Gasteiger partial charge in [-0.3, -0.25) is 4.48 Å². The van der Waals surface area contributed by atoms with Gasteiger partial charge in [0.05, 0.1) is 19.6 Å². The van der Waals surface area contributed by atoms with Gasteiger partial charge in [0.1, 0.15) is 5.69 Å². The zero-order valence-corrected chi connectivity index (χ0v) is 12.7. The molecule has 0 N–H and O–H groups in total. The topological polar surface area (TPSA) is 40.1 Å². The fraction of sp³-hybridized carbons (Fsp3) is 0.562. The van der Waals surface area contributed by atoms with Crippen LogP contribution in [0.25, 0.3) is 0 Å². The van der Waals surface area contributed by atoms with E-state index >= 15 is 0 Å². The number of para-hydroxylation sites is 1. The fourth-order valence-corrected chi connectivity index (χ4v) is 2.17. The Bertz CT molecular complexity index is 337. The molecule has 108 valence electrons. The van der Waals surface area contributed by atoms with E-state index in [1.165, 1.54) is 25.3 Å². The lowest BCUT2D eigenvalue weighted by Crippen LogP contribution is -2.48. The second-order valence-electron chi connectivity index (χ2n) is 4.55. The Kier molecular flexibility index (Phi) is 8.88. The van der Waals surface area contributed by atoms with E-state index < -0.39 is 5.97 Å². The summed E-state index contributed by atoms with van der Waals surface area (Å²) in [6, 6.07) is 10.8. The van der Waals surface area contributed by atoms with Gasteiger partial charge in [0, 0.05) is 5.97 Å². The van der Waals surface area contributed by atoms with E-state index in [1.54, 1.807) is 6.92 Å². The number of hydrogen-bond donors (Lipinski definition) is 0. The van der Waals surface area contributed by atoms with Gasteiger partial charge in [-0.25, -0.2) is 0 Å². The van der Waals surface area contributed by atoms with Gasteiger partial charge in [0.25, 0.3) is 0 Å². The first-order valence-electron chi connectivity index (χ1n) is 7.17. The summed E-state index contributed by atoms with van der Waals surface area (Å²) in [5.41, 5.74) is 1.44. The van der Waals surface area contributed by atoms with Crippen LogP contribution in [0.1, 0.15) is 40.5 Å². The van der Waals surface area contributed by atoms with Crippen LogP contribution in [0.4, 0.5) is 5.69 Å². The van der Waals surface area contributed by atoms with Crippen LogP contribution in [0.2, 0.25) is 0 Å². The molecule has 0 bridgehead atoms. The zero-order valence-electron chi connectivity index (χ0n) is 12.7. The molecule has 0 amide bonds. The Hall–Kier alpha value is -1.35. The molecule has 0 heterocycles. The predicted molar refractivity (Wildman–Crippen MR) is 79.8 cm³/mol. The van der Waals surface area contributed by atoms with Crippen molar-refractivity contribution in [3.05, 3.63) is 30.3 Å². The summed E-state index contributed by atoms with van der Waals surface area (Å²) < 4.78 is 1.10. The number of rotatable bonds is 6. The van der Waals surface area contributed by atoms with Crippen molar-refractivity contribution < 1.29 is 9.90 Å². The van der Waals surface area contributed by atoms with Crippen LogP contribution in [0.5, 0.6) is 0 Å². The van der Waals surface area contributed by atoms with Gasteiger partial charge in [0.15, 0.2) is 0 Å². The van der Waals surface area contributed by atoms with Gasteiger partial charge in [-0.1, -0.05) is 31.5 Å². The largest absolute Gasteiger partial charge is 0.550 e. The van der Waals surface area contributed by atoms with Crippen LogP contribution >= 0.6 is 0 Å². The van der Waals surface area contributed by atoms with E-state index in [-0.39, 0.29) is 6.42 Å². The predicted octanol–water partition coefficient (Wildman–Crippen LogP) is 2.59. The third-order valence-corrected chi connectivity index (χ3v) is 3.57. The maximum atomic E-state index is 9.49. The summed E-state index contributed by atoms with van der Waals surface area (Å²) in [7, 11) is 0. The number of aliphatic carboxylic acids is 1. The number of nitrogens with zero attached hydrogens (tertiary/aromatic N) is 1. The molecule has 1 aromatic rings. The van der Waals surface area contributed by atoms with E-state index in [0.717, 1.165) is 4.48 Å². The number of hydrogen-bond acceptors (Lipinski definition) is 2. The molecule has 0 spiro atoms. The lowest BCUT2D eigenvalue weighted by molar-refractivity contribution is -0.305. The van der Waals surface area contributed by atoms with E-state index in [2.05, 4.69) is 51.1 Å². The minimum atomic E-state index is -0.961. The van der Waals surface area contributed by atoms with Gasteiger partial charge >= 0.3 is 0 Å². The molecule has 1 aromatic carbocycles. The van der Waals surface area contributed by atoms with Crippen LogP contribution in [0, 0.1) is 0 Å². The van der Waals surface area contributed by atoms with E-state index in [0.29, 0.717) is 6.42 Å². The molecule has 1 rings (SSSR count). The molecule has 0 fully saturated rings. The smallest absolute Gasteiger partial charge is 0.132 e. The zero-order chi connectivity index (χ0) is 14.7. The van der Waals surface area contributed by atoms with Gasteiger partial charge < -0.3 is 9.90 Å². The molecule has 0 radical (unpaired) electrons. The molecule has 19 heavy (non-hydrogen) atoms. The first-order chi connectivity index (χ1) is 9.06. The second-order valence-corrected chi connectivity index (χ2v) is 4.55.